The molecule has 1 aromatic rings. The number of anilines is 1. The minimum atomic E-state index is -0.934. The van der Waals surface area contributed by atoms with Crippen molar-refractivity contribution in [2.45, 2.75) is 25.7 Å². The summed E-state index contributed by atoms with van der Waals surface area (Å²) in [5.41, 5.74) is 1.06. The summed E-state index contributed by atoms with van der Waals surface area (Å²) >= 11 is 0. The molecule has 0 radical (unpaired) electrons. The van der Waals surface area contributed by atoms with Gasteiger partial charge in [0.25, 0.3) is 5.91 Å². The van der Waals surface area contributed by atoms with Crippen LogP contribution in [0.3, 0.4) is 0 Å². The minimum Gasteiger partial charge on any atom is -0.481 e. The Kier molecular flexibility index (Phi) is 4.02. The number of nitrogens with one attached hydrogen (secondary N) is 1. The Labute approximate surface area is 132 Å². The van der Waals surface area contributed by atoms with Gasteiger partial charge in [0.05, 0.1) is 11.5 Å². The molecule has 2 aliphatic heterocycles. The van der Waals surface area contributed by atoms with Crippen LogP contribution in [0.25, 0.3) is 0 Å². The number of piperidine rings is 1. The number of aliphatic carboxylic acids is 1. The Balaban J connectivity index is 1.85. The molecule has 6 nitrogen and oxygen atoms in total. The standard InChI is InChI=1S/C16H17FN2O4/c17-12-7-13-9(3-4-14(20)18-13)6-11(12)15(21)19-5-1-2-10(8-19)16(22)23/h6-7,10H,1-5,8H2,(H,18,20)(H,22,23)/t10-/m0/s1. The molecule has 0 aromatic heterocycles. The van der Waals surface area contributed by atoms with Gasteiger partial charge in [-0.05, 0) is 37.0 Å². The van der Waals surface area contributed by atoms with Crippen molar-refractivity contribution in [1.82, 2.24) is 4.90 Å². The Hall–Kier alpha value is -2.44. The lowest BCUT2D eigenvalue weighted by Crippen LogP contribution is -2.42. The van der Waals surface area contributed by atoms with E-state index in [9.17, 15) is 18.8 Å². The number of aryl methyl sites for hydroxylation is 1. The highest BCUT2D eigenvalue weighted by molar-refractivity contribution is 5.98. The average molecular weight is 320 g/mol. The molecule has 1 saturated heterocycles. The van der Waals surface area contributed by atoms with Crippen molar-refractivity contribution < 1.29 is 23.9 Å². The third kappa shape index (κ3) is 3.04. The fourth-order valence-corrected chi connectivity index (χ4v) is 3.10. The number of carbonyl (C=O) groups excluding carboxylic acids is 2. The second kappa shape index (κ2) is 5.98. The highest BCUT2D eigenvalue weighted by atomic mass is 19.1. The van der Waals surface area contributed by atoms with Crippen LogP contribution in [-0.4, -0.2) is 40.9 Å². The molecule has 2 aliphatic rings. The third-order valence-electron chi connectivity index (χ3n) is 4.38. The van der Waals surface area contributed by atoms with Crippen LogP contribution >= 0.6 is 0 Å². The molecule has 0 unspecified atom stereocenters. The number of nitrogens with zero attached hydrogens (tertiary/aromatic N) is 1. The summed E-state index contributed by atoms with van der Waals surface area (Å²) in [6.07, 6.45) is 1.87. The lowest BCUT2D eigenvalue weighted by molar-refractivity contribution is -0.143. The maximum atomic E-state index is 14.3. The zero-order valence-corrected chi connectivity index (χ0v) is 12.5. The molecule has 1 aromatic carbocycles. The number of rotatable bonds is 2. The second-order valence-corrected chi connectivity index (χ2v) is 5.97. The smallest absolute Gasteiger partial charge is 0.308 e. The van der Waals surface area contributed by atoms with Gasteiger partial charge in [-0.2, -0.15) is 0 Å². The van der Waals surface area contributed by atoms with E-state index in [4.69, 9.17) is 5.11 Å². The molecule has 1 atom stereocenters. The van der Waals surface area contributed by atoms with Gasteiger partial charge in [-0.1, -0.05) is 0 Å². The molecular formula is C16H17FN2O4. The molecule has 1 fully saturated rings. The molecular weight excluding hydrogens is 303 g/mol. The van der Waals surface area contributed by atoms with E-state index >= 15 is 0 Å². The van der Waals surface area contributed by atoms with Gasteiger partial charge in [0.15, 0.2) is 0 Å². The van der Waals surface area contributed by atoms with E-state index in [1.807, 2.05) is 0 Å². The van der Waals surface area contributed by atoms with Gasteiger partial charge in [-0.15, -0.1) is 0 Å². The molecule has 0 saturated carbocycles. The van der Waals surface area contributed by atoms with Gasteiger partial charge >= 0.3 is 5.97 Å². The number of carbonyl (C=O) groups is 3. The number of likely N-dealkylation sites (tertiary alicyclic amines) is 1. The minimum absolute atomic E-state index is 0.0639. The summed E-state index contributed by atoms with van der Waals surface area (Å²) < 4.78 is 14.3. The molecule has 0 aliphatic carbocycles. The molecule has 23 heavy (non-hydrogen) atoms. The van der Waals surface area contributed by atoms with E-state index < -0.39 is 23.6 Å². The van der Waals surface area contributed by atoms with Crippen molar-refractivity contribution in [3.05, 3.63) is 29.1 Å². The molecule has 2 amide bonds. The fraction of sp³-hybridized carbons (Fsp3) is 0.438. The summed E-state index contributed by atoms with van der Waals surface area (Å²) in [7, 11) is 0. The zero-order chi connectivity index (χ0) is 16.6. The molecule has 2 heterocycles. The predicted molar refractivity (Wildman–Crippen MR) is 79.6 cm³/mol. The SMILES string of the molecule is O=C1CCc2cc(C(=O)N3CCC[C@H](C(=O)O)C3)c(F)cc2N1. The molecule has 7 heteroatoms. The molecule has 122 valence electrons. The Morgan fingerprint density at radius 1 is 1.30 bits per heavy atom. The highest BCUT2D eigenvalue weighted by Crippen LogP contribution is 2.27. The highest BCUT2D eigenvalue weighted by Gasteiger charge is 2.30. The molecule has 0 spiro atoms. The van der Waals surface area contributed by atoms with E-state index in [0.717, 1.165) is 11.6 Å². The first-order valence-corrected chi connectivity index (χ1v) is 7.60. The third-order valence-corrected chi connectivity index (χ3v) is 4.38. The number of hydrogen-bond acceptors (Lipinski definition) is 3. The molecule has 2 N–H and O–H groups in total. The second-order valence-electron chi connectivity index (χ2n) is 5.97. The topological polar surface area (TPSA) is 86.7 Å². The first-order chi connectivity index (χ1) is 11.0. The van der Waals surface area contributed by atoms with E-state index in [2.05, 4.69) is 5.32 Å². The van der Waals surface area contributed by atoms with Gasteiger partial charge in [0.2, 0.25) is 5.91 Å². The van der Waals surface area contributed by atoms with Crippen molar-refractivity contribution in [2.24, 2.45) is 5.92 Å². The van der Waals surface area contributed by atoms with Crippen molar-refractivity contribution in [2.75, 3.05) is 18.4 Å². The first kappa shape index (κ1) is 15.5. The van der Waals surface area contributed by atoms with Crippen LogP contribution in [0.1, 0.15) is 35.2 Å². The van der Waals surface area contributed by atoms with Crippen LogP contribution < -0.4 is 5.32 Å². The van der Waals surface area contributed by atoms with Crippen molar-refractivity contribution in [3.63, 3.8) is 0 Å². The fourth-order valence-electron chi connectivity index (χ4n) is 3.10. The molecule has 0 bridgehead atoms. The number of fused-ring (bicyclic) bond motifs is 1. The van der Waals surface area contributed by atoms with Crippen LogP contribution in [0.2, 0.25) is 0 Å². The van der Waals surface area contributed by atoms with E-state index in [1.54, 1.807) is 0 Å². The predicted octanol–water partition coefficient (Wildman–Crippen LogP) is 1.65. The number of benzene rings is 1. The quantitative estimate of drug-likeness (QED) is 0.867. The monoisotopic (exact) mass is 320 g/mol. The van der Waals surface area contributed by atoms with Crippen LogP contribution in [0.15, 0.2) is 12.1 Å². The Morgan fingerprint density at radius 2 is 2.09 bits per heavy atom. The van der Waals surface area contributed by atoms with Gasteiger partial charge in [0.1, 0.15) is 5.82 Å². The van der Waals surface area contributed by atoms with Gasteiger partial charge in [-0.3, -0.25) is 14.4 Å². The average Bonchev–Trinajstić information content (AvgIpc) is 2.53. The van der Waals surface area contributed by atoms with Crippen LogP contribution in [0.4, 0.5) is 10.1 Å². The molecule has 3 rings (SSSR count). The maximum Gasteiger partial charge on any atom is 0.308 e. The number of hydrogen-bond donors (Lipinski definition) is 2. The van der Waals surface area contributed by atoms with Crippen molar-refractivity contribution in [3.8, 4) is 0 Å². The van der Waals surface area contributed by atoms with Crippen molar-refractivity contribution >= 4 is 23.5 Å². The van der Waals surface area contributed by atoms with E-state index in [0.29, 0.717) is 37.9 Å². The Morgan fingerprint density at radius 3 is 2.83 bits per heavy atom. The normalized spacial score (nSPS) is 20.7. The van der Waals surface area contributed by atoms with Gasteiger partial charge < -0.3 is 15.3 Å². The lowest BCUT2D eigenvalue weighted by Gasteiger charge is -2.31. The van der Waals surface area contributed by atoms with Gasteiger partial charge in [0, 0.05) is 25.2 Å². The summed E-state index contributed by atoms with van der Waals surface area (Å²) in [5.74, 6) is -2.90. The Bertz CT molecular complexity index is 689. The largest absolute Gasteiger partial charge is 0.481 e. The van der Waals surface area contributed by atoms with E-state index in [-0.39, 0.29) is 18.0 Å². The summed E-state index contributed by atoms with van der Waals surface area (Å²) in [6, 6.07) is 2.63. The summed E-state index contributed by atoms with van der Waals surface area (Å²) in [5, 5.41) is 11.7. The maximum absolute atomic E-state index is 14.3. The summed E-state index contributed by atoms with van der Waals surface area (Å²) in [4.78, 5) is 36.4. The summed E-state index contributed by atoms with van der Waals surface area (Å²) in [6.45, 7) is 0.525. The van der Waals surface area contributed by atoms with Crippen LogP contribution in [0, 0.1) is 11.7 Å². The lowest BCUT2D eigenvalue weighted by atomic mass is 9.96. The first-order valence-electron chi connectivity index (χ1n) is 7.60. The van der Waals surface area contributed by atoms with Gasteiger partial charge in [-0.25, -0.2) is 4.39 Å². The number of amides is 2. The van der Waals surface area contributed by atoms with Crippen LogP contribution in [0.5, 0.6) is 0 Å². The van der Waals surface area contributed by atoms with Crippen LogP contribution in [-0.2, 0) is 16.0 Å². The number of carboxylic acid groups (broad SMARTS) is 1. The van der Waals surface area contributed by atoms with E-state index in [1.165, 1.54) is 11.0 Å². The van der Waals surface area contributed by atoms with Crippen molar-refractivity contribution in [1.29, 1.82) is 0 Å². The number of carboxylic acids is 1. The number of halogens is 1. The zero-order valence-electron chi connectivity index (χ0n) is 12.5.